The van der Waals surface area contributed by atoms with Crippen molar-refractivity contribution in [3.8, 4) is 5.75 Å². The Bertz CT molecular complexity index is 1140. The smallest absolute Gasteiger partial charge is 0.337 e. The molecule has 2 N–H and O–H groups in total. The number of phenolic OH excluding ortho intramolecular Hbond substituents is 1. The Hall–Kier alpha value is -3.15. The maximum atomic E-state index is 11.8. The number of nitrogens with one attached hydrogen (secondary N) is 1. The van der Waals surface area contributed by atoms with Crippen LogP contribution in [0.5, 0.6) is 5.75 Å². The zero-order valence-corrected chi connectivity index (χ0v) is 18.8. The number of ether oxygens (including phenoxy) is 1. The predicted molar refractivity (Wildman–Crippen MR) is 126 cm³/mol. The lowest BCUT2D eigenvalue weighted by atomic mass is 9.93. The minimum absolute atomic E-state index is 0.183. The van der Waals surface area contributed by atoms with Crippen LogP contribution < -0.4 is 5.32 Å². The molecule has 1 heterocycles. The molecule has 6 heteroatoms. The summed E-state index contributed by atoms with van der Waals surface area (Å²) in [7, 11) is 1.36. The molecule has 0 saturated heterocycles. The third-order valence-electron chi connectivity index (χ3n) is 5.75. The largest absolute Gasteiger partial charge is 0.508 e. The fourth-order valence-corrected chi connectivity index (χ4v) is 4.09. The summed E-state index contributed by atoms with van der Waals surface area (Å²) in [6.07, 6.45) is 1.23. The van der Waals surface area contributed by atoms with Crippen LogP contribution in [0.25, 0.3) is 0 Å². The van der Waals surface area contributed by atoms with Crippen LogP contribution in [0.2, 0.25) is 5.02 Å². The van der Waals surface area contributed by atoms with Crippen molar-refractivity contribution < 1.29 is 14.6 Å². The number of aliphatic imine (C=N–C) groups is 1. The lowest BCUT2D eigenvalue weighted by Gasteiger charge is -2.31. The molecule has 4 rings (SSSR count). The van der Waals surface area contributed by atoms with Crippen molar-refractivity contribution in [2.75, 3.05) is 7.11 Å². The number of carbonyl (C=O) groups is 1. The zero-order chi connectivity index (χ0) is 22.7. The predicted octanol–water partition coefficient (Wildman–Crippen LogP) is 5.62. The number of halogens is 1. The second kappa shape index (κ2) is 9.55. The van der Waals surface area contributed by atoms with Gasteiger partial charge < -0.3 is 9.84 Å². The molecule has 0 saturated carbocycles. The van der Waals surface area contributed by atoms with Crippen LogP contribution in [0.15, 0.2) is 71.7 Å². The average Bonchev–Trinajstić information content (AvgIpc) is 2.85. The second-order valence-electron chi connectivity index (χ2n) is 7.77. The van der Waals surface area contributed by atoms with Crippen molar-refractivity contribution in [1.82, 2.24) is 5.32 Å². The van der Waals surface area contributed by atoms with Crippen LogP contribution in [0.1, 0.15) is 58.2 Å². The number of methoxy groups -OCH3 is 1. The summed E-state index contributed by atoms with van der Waals surface area (Å²) in [6, 6.07) is 20.5. The van der Waals surface area contributed by atoms with Crippen molar-refractivity contribution in [2.24, 2.45) is 4.99 Å². The molecule has 0 unspecified atom stereocenters. The molecule has 0 bridgehead atoms. The number of aromatic hydroxyl groups is 1. The van der Waals surface area contributed by atoms with E-state index < -0.39 is 0 Å². The Morgan fingerprint density at radius 2 is 1.84 bits per heavy atom. The number of hydrogen-bond acceptors (Lipinski definition) is 5. The van der Waals surface area contributed by atoms with Gasteiger partial charge in [-0.1, -0.05) is 54.9 Å². The van der Waals surface area contributed by atoms with Gasteiger partial charge in [-0.2, -0.15) is 0 Å². The van der Waals surface area contributed by atoms with E-state index >= 15 is 0 Å². The Labute approximate surface area is 192 Å². The molecule has 1 aliphatic rings. The van der Waals surface area contributed by atoms with Crippen LogP contribution in [0.4, 0.5) is 0 Å². The highest BCUT2D eigenvalue weighted by Crippen LogP contribution is 2.35. The molecule has 2 atom stereocenters. The summed E-state index contributed by atoms with van der Waals surface area (Å²) in [5.74, 6) is -0.190. The third kappa shape index (κ3) is 4.69. The summed E-state index contributed by atoms with van der Waals surface area (Å²) in [5.41, 5.74) is 5.37. The molecule has 3 aromatic rings. The third-order valence-corrected chi connectivity index (χ3v) is 5.98. The van der Waals surface area contributed by atoms with Crippen molar-refractivity contribution in [1.29, 1.82) is 0 Å². The summed E-state index contributed by atoms with van der Waals surface area (Å²) in [6.45, 7) is 2.13. The standard InChI is InChI=1S/C26H25ClN2O3/c1-3-16-4-6-17(7-5-16)22-15-23(21-14-20(27)12-13-24(21)30)29-25(28-22)18-8-10-19(11-9-18)26(31)32-2/h4-14,23,25,29-30H,3,15H2,1-2H3/t23-,25+/m0/s1. The van der Waals surface area contributed by atoms with Crippen LogP contribution in [0.3, 0.4) is 0 Å². The number of aryl methyl sites for hydroxylation is 1. The van der Waals surface area contributed by atoms with Crippen LogP contribution in [0, 0.1) is 0 Å². The fourth-order valence-electron chi connectivity index (χ4n) is 3.91. The van der Waals surface area contributed by atoms with Gasteiger partial charge in [0.15, 0.2) is 0 Å². The molecule has 0 aromatic heterocycles. The molecule has 32 heavy (non-hydrogen) atoms. The van der Waals surface area contributed by atoms with Crippen LogP contribution in [-0.2, 0) is 11.2 Å². The lowest BCUT2D eigenvalue weighted by Crippen LogP contribution is -2.33. The van der Waals surface area contributed by atoms with Gasteiger partial charge in [0, 0.05) is 28.8 Å². The van der Waals surface area contributed by atoms with E-state index in [0.717, 1.165) is 28.8 Å². The molecule has 0 aliphatic carbocycles. The minimum Gasteiger partial charge on any atom is -0.508 e. The molecule has 0 fully saturated rings. The quantitative estimate of drug-likeness (QED) is 0.497. The maximum absolute atomic E-state index is 11.8. The van der Waals surface area contributed by atoms with Gasteiger partial charge in [0.25, 0.3) is 0 Å². The summed E-state index contributed by atoms with van der Waals surface area (Å²) >= 11 is 6.22. The Morgan fingerprint density at radius 3 is 2.50 bits per heavy atom. The van der Waals surface area contributed by atoms with Crippen molar-refractivity contribution in [2.45, 2.75) is 32.0 Å². The van der Waals surface area contributed by atoms with Gasteiger partial charge in [0.2, 0.25) is 0 Å². The van der Waals surface area contributed by atoms with Gasteiger partial charge in [-0.3, -0.25) is 10.3 Å². The van der Waals surface area contributed by atoms with Gasteiger partial charge in [-0.25, -0.2) is 4.79 Å². The summed E-state index contributed by atoms with van der Waals surface area (Å²) in [4.78, 5) is 16.8. The van der Waals surface area contributed by atoms with E-state index in [9.17, 15) is 9.90 Å². The molecular weight excluding hydrogens is 424 g/mol. The van der Waals surface area contributed by atoms with E-state index in [0.29, 0.717) is 17.0 Å². The van der Waals surface area contributed by atoms with E-state index in [2.05, 4.69) is 36.5 Å². The highest BCUT2D eigenvalue weighted by Gasteiger charge is 2.28. The Kier molecular flexibility index (Phi) is 6.58. The first-order chi connectivity index (χ1) is 15.5. The fraction of sp³-hybridized carbons (Fsp3) is 0.231. The zero-order valence-electron chi connectivity index (χ0n) is 18.0. The minimum atomic E-state index is -0.380. The lowest BCUT2D eigenvalue weighted by molar-refractivity contribution is 0.0600. The summed E-state index contributed by atoms with van der Waals surface area (Å²) < 4.78 is 4.79. The summed E-state index contributed by atoms with van der Waals surface area (Å²) in [5, 5.41) is 14.6. The number of carbonyl (C=O) groups excluding carboxylic acids is 1. The van der Waals surface area contributed by atoms with Crippen molar-refractivity contribution in [3.05, 3.63) is 99.6 Å². The van der Waals surface area contributed by atoms with Gasteiger partial charge in [-0.05, 0) is 53.4 Å². The SMILES string of the molecule is CCc1ccc(C2=N[C@@H](c3ccc(C(=O)OC)cc3)N[C@H](c3cc(Cl)ccc3O)C2)cc1. The number of rotatable bonds is 5. The topological polar surface area (TPSA) is 70.9 Å². The van der Waals surface area contributed by atoms with Crippen molar-refractivity contribution >= 4 is 23.3 Å². The van der Waals surface area contributed by atoms with E-state index in [1.165, 1.54) is 12.7 Å². The first kappa shape index (κ1) is 22.1. The molecule has 0 radical (unpaired) electrons. The van der Waals surface area contributed by atoms with E-state index in [4.69, 9.17) is 21.3 Å². The number of phenols is 1. The van der Waals surface area contributed by atoms with Crippen molar-refractivity contribution in [3.63, 3.8) is 0 Å². The molecule has 5 nitrogen and oxygen atoms in total. The first-order valence-electron chi connectivity index (χ1n) is 10.6. The Balaban J connectivity index is 1.72. The Morgan fingerprint density at radius 1 is 1.12 bits per heavy atom. The van der Waals surface area contributed by atoms with Gasteiger partial charge in [0.1, 0.15) is 11.9 Å². The second-order valence-corrected chi connectivity index (χ2v) is 8.21. The molecular formula is C26H25ClN2O3. The number of benzene rings is 3. The number of hydrogen-bond donors (Lipinski definition) is 2. The number of esters is 1. The highest BCUT2D eigenvalue weighted by molar-refractivity contribution is 6.30. The highest BCUT2D eigenvalue weighted by atomic mass is 35.5. The van der Waals surface area contributed by atoms with E-state index in [1.54, 1.807) is 30.3 Å². The molecule has 0 spiro atoms. The first-order valence-corrected chi connectivity index (χ1v) is 10.9. The molecule has 1 aliphatic heterocycles. The molecule has 3 aromatic carbocycles. The molecule has 0 amide bonds. The van der Waals surface area contributed by atoms with Gasteiger partial charge >= 0.3 is 5.97 Å². The van der Waals surface area contributed by atoms with Crippen LogP contribution >= 0.6 is 11.6 Å². The van der Waals surface area contributed by atoms with E-state index in [1.807, 2.05) is 12.1 Å². The van der Waals surface area contributed by atoms with Gasteiger partial charge in [0.05, 0.1) is 12.7 Å². The van der Waals surface area contributed by atoms with Crippen LogP contribution in [-0.4, -0.2) is 23.9 Å². The maximum Gasteiger partial charge on any atom is 0.337 e. The molecule has 164 valence electrons. The number of nitrogens with zero attached hydrogens (tertiary/aromatic N) is 1. The van der Waals surface area contributed by atoms with Gasteiger partial charge in [-0.15, -0.1) is 0 Å². The normalized spacial score (nSPS) is 18.2. The van der Waals surface area contributed by atoms with E-state index in [-0.39, 0.29) is 23.9 Å². The monoisotopic (exact) mass is 448 g/mol. The average molecular weight is 449 g/mol.